The molecule has 1 aliphatic rings. The SMILES string of the molecule is O=C(c1ccc(CCl)cc1)N(Cc1ccncc1)C1CC1. The first-order valence-corrected chi connectivity index (χ1v) is 7.66. The standard InChI is InChI=1S/C17H17ClN2O/c18-11-13-1-3-15(4-2-13)17(21)20(16-5-6-16)12-14-7-9-19-10-8-14/h1-4,7-10,16H,5-6,11-12H2. The topological polar surface area (TPSA) is 33.2 Å². The summed E-state index contributed by atoms with van der Waals surface area (Å²) in [4.78, 5) is 18.7. The van der Waals surface area contributed by atoms with Crippen LogP contribution in [0, 0.1) is 0 Å². The smallest absolute Gasteiger partial charge is 0.254 e. The van der Waals surface area contributed by atoms with Crippen LogP contribution in [0.5, 0.6) is 0 Å². The second-order valence-electron chi connectivity index (χ2n) is 5.35. The van der Waals surface area contributed by atoms with E-state index < -0.39 is 0 Å². The van der Waals surface area contributed by atoms with Gasteiger partial charge in [-0.1, -0.05) is 12.1 Å². The lowest BCUT2D eigenvalue weighted by Crippen LogP contribution is -2.32. The highest BCUT2D eigenvalue weighted by Crippen LogP contribution is 2.29. The predicted octanol–water partition coefficient (Wildman–Crippen LogP) is 3.63. The summed E-state index contributed by atoms with van der Waals surface area (Å²) in [6.45, 7) is 0.642. The molecule has 2 aromatic rings. The van der Waals surface area contributed by atoms with Crippen LogP contribution in [0.15, 0.2) is 48.8 Å². The first kappa shape index (κ1) is 14.1. The van der Waals surface area contributed by atoms with Crippen LogP contribution in [-0.4, -0.2) is 21.8 Å². The number of benzene rings is 1. The lowest BCUT2D eigenvalue weighted by atomic mass is 10.1. The minimum atomic E-state index is 0.0930. The van der Waals surface area contributed by atoms with Gasteiger partial charge in [0.1, 0.15) is 0 Å². The average Bonchev–Trinajstić information content (AvgIpc) is 3.38. The van der Waals surface area contributed by atoms with Crippen molar-refractivity contribution in [3.8, 4) is 0 Å². The molecular weight excluding hydrogens is 284 g/mol. The van der Waals surface area contributed by atoms with Crippen molar-refractivity contribution in [2.24, 2.45) is 0 Å². The van der Waals surface area contributed by atoms with Gasteiger partial charge in [-0.2, -0.15) is 0 Å². The Balaban J connectivity index is 1.78. The Kier molecular flexibility index (Phi) is 4.20. The van der Waals surface area contributed by atoms with Crippen LogP contribution >= 0.6 is 11.6 Å². The van der Waals surface area contributed by atoms with Crippen molar-refractivity contribution >= 4 is 17.5 Å². The largest absolute Gasteiger partial charge is 0.331 e. The third-order valence-electron chi connectivity index (χ3n) is 3.71. The summed E-state index contributed by atoms with van der Waals surface area (Å²) < 4.78 is 0. The van der Waals surface area contributed by atoms with E-state index in [0.29, 0.717) is 18.5 Å². The Labute approximate surface area is 129 Å². The van der Waals surface area contributed by atoms with Crippen molar-refractivity contribution in [1.82, 2.24) is 9.88 Å². The molecule has 1 heterocycles. The van der Waals surface area contributed by atoms with E-state index in [2.05, 4.69) is 4.98 Å². The van der Waals surface area contributed by atoms with Gasteiger partial charge in [0.05, 0.1) is 0 Å². The van der Waals surface area contributed by atoms with Gasteiger partial charge in [0, 0.05) is 36.4 Å². The number of halogens is 1. The molecule has 0 spiro atoms. The molecule has 1 saturated carbocycles. The molecule has 4 heteroatoms. The third kappa shape index (κ3) is 3.42. The predicted molar refractivity (Wildman–Crippen MR) is 83.1 cm³/mol. The van der Waals surface area contributed by atoms with Gasteiger partial charge in [-0.15, -0.1) is 11.6 Å². The van der Waals surface area contributed by atoms with Crippen molar-refractivity contribution in [3.63, 3.8) is 0 Å². The molecule has 0 bridgehead atoms. The normalized spacial score (nSPS) is 14.0. The lowest BCUT2D eigenvalue weighted by Gasteiger charge is -2.22. The zero-order valence-electron chi connectivity index (χ0n) is 11.7. The summed E-state index contributed by atoms with van der Waals surface area (Å²) in [5.41, 5.74) is 2.87. The van der Waals surface area contributed by atoms with E-state index in [9.17, 15) is 4.79 Å². The molecule has 0 N–H and O–H groups in total. The van der Waals surface area contributed by atoms with Gasteiger partial charge in [0.15, 0.2) is 0 Å². The van der Waals surface area contributed by atoms with Crippen molar-refractivity contribution in [3.05, 3.63) is 65.5 Å². The van der Waals surface area contributed by atoms with E-state index in [4.69, 9.17) is 11.6 Å². The average molecular weight is 301 g/mol. The van der Waals surface area contributed by atoms with E-state index in [1.807, 2.05) is 41.3 Å². The summed E-state index contributed by atoms with van der Waals surface area (Å²) in [6, 6.07) is 11.8. The Morgan fingerprint density at radius 2 is 1.76 bits per heavy atom. The molecule has 1 aromatic carbocycles. The van der Waals surface area contributed by atoms with Crippen LogP contribution < -0.4 is 0 Å². The number of hydrogen-bond donors (Lipinski definition) is 0. The lowest BCUT2D eigenvalue weighted by molar-refractivity contribution is 0.0730. The molecule has 3 rings (SSSR count). The number of pyridine rings is 1. The minimum Gasteiger partial charge on any atom is -0.331 e. The van der Waals surface area contributed by atoms with Crippen LogP contribution in [0.1, 0.15) is 34.3 Å². The van der Waals surface area contributed by atoms with Gasteiger partial charge >= 0.3 is 0 Å². The van der Waals surface area contributed by atoms with Gasteiger partial charge < -0.3 is 4.90 Å². The molecule has 1 fully saturated rings. The number of nitrogens with zero attached hydrogens (tertiary/aromatic N) is 2. The van der Waals surface area contributed by atoms with Crippen LogP contribution in [0.3, 0.4) is 0 Å². The molecular formula is C17H17ClN2O. The van der Waals surface area contributed by atoms with Gasteiger partial charge in [0.2, 0.25) is 0 Å². The molecule has 0 aliphatic heterocycles. The maximum Gasteiger partial charge on any atom is 0.254 e. The third-order valence-corrected chi connectivity index (χ3v) is 4.01. The first-order valence-electron chi connectivity index (χ1n) is 7.12. The van der Waals surface area contributed by atoms with Crippen molar-refractivity contribution in [2.75, 3.05) is 0 Å². The maximum atomic E-state index is 12.7. The Morgan fingerprint density at radius 3 is 2.33 bits per heavy atom. The summed E-state index contributed by atoms with van der Waals surface area (Å²) in [6.07, 6.45) is 5.72. The number of amides is 1. The number of alkyl halides is 1. The van der Waals surface area contributed by atoms with E-state index in [0.717, 1.165) is 29.5 Å². The van der Waals surface area contributed by atoms with Crippen LogP contribution in [0.4, 0.5) is 0 Å². The fourth-order valence-corrected chi connectivity index (χ4v) is 2.52. The minimum absolute atomic E-state index is 0.0930. The molecule has 21 heavy (non-hydrogen) atoms. The molecule has 3 nitrogen and oxygen atoms in total. The molecule has 0 radical (unpaired) electrons. The molecule has 0 atom stereocenters. The molecule has 0 unspecified atom stereocenters. The summed E-state index contributed by atoms with van der Waals surface area (Å²) in [5.74, 6) is 0.563. The highest BCUT2D eigenvalue weighted by molar-refractivity contribution is 6.17. The van der Waals surface area contributed by atoms with E-state index in [1.165, 1.54) is 0 Å². The Bertz CT molecular complexity index is 608. The highest BCUT2D eigenvalue weighted by atomic mass is 35.5. The fourth-order valence-electron chi connectivity index (χ4n) is 2.34. The second-order valence-corrected chi connectivity index (χ2v) is 5.62. The number of carbonyl (C=O) groups excluding carboxylic acids is 1. The highest BCUT2D eigenvalue weighted by Gasteiger charge is 2.32. The van der Waals surface area contributed by atoms with Crippen LogP contribution in [-0.2, 0) is 12.4 Å². The molecule has 1 aliphatic carbocycles. The number of hydrogen-bond acceptors (Lipinski definition) is 2. The van der Waals surface area contributed by atoms with E-state index in [-0.39, 0.29) is 5.91 Å². The number of carbonyl (C=O) groups is 1. The van der Waals surface area contributed by atoms with Gasteiger partial charge in [-0.05, 0) is 48.2 Å². The summed E-state index contributed by atoms with van der Waals surface area (Å²) in [7, 11) is 0. The van der Waals surface area contributed by atoms with Crippen molar-refractivity contribution < 1.29 is 4.79 Å². The zero-order valence-corrected chi connectivity index (χ0v) is 12.5. The quantitative estimate of drug-likeness (QED) is 0.790. The molecule has 1 aromatic heterocycles. The summed E-state index contributed by atoms with van der Waals surface area (Å²) in [5, 5.41) is 0. The summed E-state index contributed by atoms with van der Waals surface area (Å²) >= 11 is 5.79. The van der Waals surface area contributed by atoms with Gasteiger partial charge in [-0.3, -0.25) is 9.78 Å². The van der Waals surface area contributed by atoms with Gasteiger partial charge in [0.25, 0.3) is 5.91 Å². The molecule has 108 valence electrons. The van der Waals surface area contributed by atoms with Crippen molar-refractivity contribution in [1.29, 1.82) is 0 Å². The number of aromatic nitrogens is 1. The fraction of sp³-hybridized carbons (Fsp3) is 0.294. The van der Waals surface area contributed by atoms with Gasteiger partial charge in [-0.25, -0.2) is 0 Å². The Hall–Kier alpha value is -1.87. The monoisotopic (exact) mass is 300 g/mol. The second kappa shape index (κ2) is 6.27. The Morgan fingerprint density at radius 1 is 1.10 bits per heavy atom. The van der Waals surface area contributed by atoms with Crippen molar-refractivity contribution in [2.45, 2.75) is 31.3 Å². The molecule has 1 amide bonds. The zero-order chi connectivity index (χ0) is 14.7. The number of rotatable bonds is 5. The van der Waals surface area contributed by atoms with Crippen LogP contribution in [0.2, 0.25) is 0 Å². The van der Waals surface area contributed by atoms with E-state index >= 15 is 0 Å². The maximum absolute atomic E-state index is 12.7. The molecule has 0 saturated heterocycles. The first-order chi connectivity index (χ1) is 10.3. The van der Waals surface area contributed by atoms with Crippen LogP contribution in [0.25, 0.3) is 0 Å². The van der Waals surface area contributed by atoms with E-state index in [1.54, 1.807) is 12.4 Å².